The van der Waals surface area contributed by atoms with Crippen molar-refractivity contribution in [3.05, 3.63) is 35.5 Å². The van der Waals surface area contributed by atoms with Crippen molar-refractivity contribution in [2.24, 2.45) is 5.73 Å². The van der Waals surface area contributed by atoms with E-state index in [2.05, 4.69) is 29.2 Å². The molecule has 0 radical (unpaired) electrons. The minimum atomic E-state index is -0.279. The molecule has 1 saturated heterocycles. The normalized spacial score (nSPS) is 19.4. The lowest BCUT2D eigenvalue weighted by atomic mass is 10.0. The van der Waals surface area contributed by atoms with Gasteiger partial charge >= 0.3 is 0 Å². The first-order valence-corrected chi connectivity index (χ1v) is 7.71. The Labute approximate surface area is 125 Å². The monoisotopic (exact) mass is 285 g/mol. The number of benzene rings is 1. The molecule has 1 aromatic carbocycles. The molecule has 0 aliphatic carbocycles. The third-order valence-corrected chi connectivity index (χ3v) is 4.63. The molecule has 0 spiro atoms. The van der Waals surface area contributed by atoms with Gasteiger partial charge in [-0.3, -0.25) is 4.79 Å². The van der Waals surface area contributed by atoms with Gasteiger partial charge in [0.2, 0.25) is 5.91 Å². The Morgan fingerprint density at radius 2 is 2.33 bits per heavy atom. The number of carbonyl (C=O) groups is 1. The summed E-state index contributed by atoms with van der Waals surface area (Å²) in [6, 6.07) is 6.82. The fourth-order valence-electron chi connectivity index (χ4n) is 3.41. The van der Waals surface area contributed by atoms with E-state index in [0.717, 1.165) is 17.5 Å². The second-order valence-electron chi connectivity index (χ2n) is 6.15. The number of rotatable bonds is 5. The summed E-state index contributed by atoms with van der Waals surface area (Å²) in [6.45, 7) is 1.22. The first-order valence-electron chi connectivity index (χ1n) is 7.71. The smallest absolute Gasteiger partial charge is 0.221 e. The SMILES string of the molecule is CN1CCC[C@H]1CCc1c[nH]c2ccc(CC(N)=O)cc12. The van der Waals surface area contributed by atoms with Crippen molar-refractivity contribution in [1.29, 1.82) is 0 Å². The van der Waals surface area contributed by atoms with Crippen molar-refractivity contribution in [3.63, 3.8) is 0 Å². The Hall–Kier alpha value is -1.81. The molecule has 3 N–H and O–H groups in total. The van der Waals surface area contributed by atoms with Gasteiger partial charge in [-0.05, 0) is 62.5 Å². The molecular formula is C17H23N3O. The van der Waals surface area contributed by atoms with Gasteiger partial charge in [0.15, 0.2) is 0 Å². The van der Waals surface area contributed by atoms with Crippen LogP contribution in [0.3, 0.4) is 0 Å². The molecule has 1 fully saturated rings. The van der Waals surface area contributed by atoms with Gasteiger partial charge in [0.05, 0.1) is 6.42 Å². The molecule has 1 aliphatic heterocycles. The van der Waals surface area contributed by atoms with Crippen LogP contribution >= 0.6 is 0 Å². The molecule has 21 heavy (non-hydrogen) atoms. The highest BCUT2D eigenvalue weighted by Gasteiger charge is 2.20. The fraction of sp³-hybridized carbons (Fsp3) is 0.471. The van der Waals surface area contributed by atoms with E-state index in [1.54, 1.807) is 0 Å². The summed E-state index contributed by atoms with van der Waals surface area (Å²) in [5.74, 6) is -0.279. The summed E-state index contributed by atoms with van der Waals surface area (Å²) in [5.41, 5.74) is 8.76. The molecule has 1 atom stereocenters. The zero-order chi connectivity index (χ0) is 14.8. The number of fused-ring (bicyclic) bond motifs is 1. The number of amides is 1. The maximum atomic E-state index is 11.1. The van der Waals surface area contributed by atoms with Gasteiger partial charge < -0.3 is 15.6 Å². The molecule has 3 rings (SSSR count). The number of likely N-dealkylation sites (tertiary alicyclic amines) is 1. The number of aromatic nitrogens is 1. The Kier molecular flexibility index (Phi) is 3.97. The molecule has 1 aliphatic rings. The van der Waals surface area contributed by atoms with E-state index in [0.29, 0.717) is 12.5 Å². The summed E-state index contributed by atoms with van der Waals surface area (Å²) >= 11 is 0. The standard InChI is InChI=1S/C17H23N3O/c1-20-8-2-3-14(20)6-5-13-11-19-16-7-4-12(9-15(13)16)10-17(18)21/h4,7,9,11,14,19H,2-3,5-6,8,10H2,1H3,(H2,18,21)/t14-/m0/s1. The Morgan fingerprint density at radius 3 is 3.05 bits per heavy atom. The van der Waals surface area contributed by atoms with Crippen LogP contribution in [0.25, 0.3) is 10.9 Å². The molecule has 4 heteroatoms. The van der Waals surface area contributed by atoms with Crippen LogP contribution in [0.5, 0.6) is 0 Å². The number of H-pyrrole nitrogens is 1. The zero-order valence-corrected chi connectivity index (χ0v) is 12.6. The molecule has 0 unspecified atom stereocenters. The van der Waals surface area contributed by atoms with Gasteiger partial charge in [0.25, 0.3) is 0 Å². The summed E-state index contributed by atoms with van der Waals surface area (Å²) < 4.78 is 0. The first-order chi connectivity index (χ1) is 10.1. The second kappa shape index (κ2) is 5.90. The average molecular weight is 285 g/mol. The number of nitrogens with one attached hydrogen (secondary N) is 1. The third-order valence-electron chi connectivity index (χ3n) is 4.63. The molecule has 0 saturated carbocycles. The molecule has 2 heterocycles. The van der Waals surface area contributed by atoms with Crippen LogP contribution in [0.15, 0.2) is 24.4 Å². The minimum absolute atomic E-state index is 0.279. The van der Waals surface area contributed by atoms with Gasteiger partial charge in [-0.25, -0.2) is 0 Å². The summed E-state index contributed by atoms with van der Waals surface area (Å²) in [7, 11) is 2.22. The quantitative estimate of drug-likeness (QED) is 0.885. The number of hydrogen-bond donors (Lipinski definition) is 2. The Bertz CT molecular complexity index is 647. The van der Waals surface area contributed by atoms with Crippen molar-refractivity contribution < 1.29 is 4.79 Å². The lowest BCUT2D eigenvalue weighted by Gasteiger charge is -2.18. The fourth-order valence-corrected chi connectivity index (χ4v) is 3.41. The van der Waals surface area contributed by atoms with Crippen LogP contribution < -0.4 is 5.73 Å². The van der Waals surface area contributed by atoms with Gasteiger partial charge in [0, 0.05) is 23.1 Å². The van der Waals surface area contributed by atoms with Gasteiger partial charge in [-0.1, -0.05) is 6.07 Å². The van der Waals surface area contributed by atoms with Gasteiger partial charge in [0.1, 0.15) is 0 Å². The Balaban J connectivity index is 1.76. The summed E-state index contributed by atoms with van der Waals surface area (Å²) in [4.78, 5) is 16.9. The number of primary amides is 1. The van der Waals surface area contributed by atoms with Crippen LogP contribution in [-0.4, -0.2) is 35.4 Å². The molecular weight excluding hydrogens is 262 g/mol. The summed E-state index contributed by atoms with van der Waals surface area (Å²) in [6.07, 6.45) is 7.32. The number of nitrogens with two attached hydrogens (primary N) is 1. The predicted molar refractivity (Wildman–Crippen MR) is 85.2 cm³/mol. The Morgan fingerprint density at radius 1 is 1.48 bits per heavy atom. The highest BCUT2D eigenvalue weighted by Crippen LogP contribution is 2.25. The van der Waals surface area contributed by atoms with Crippen LogP contribution in [-0.2, 0) is 17.6 Å². The van der Waals surface area contributed by atoms with E-state index < -0.39 is 0 Å². The number of hydrogen-bond acceptors (Lipinski definition) is 2. The van der Waals surface area contributed by atoms with Crippen LogP contribution in [0, 0.1) is 0 Å². The number of carbonyl (C=O) groups excluding carboxylic acids is 1. The maximum Gasteiger partial charge on any atom is 0.221 e. The lowest BCUT2D eigenvalue weighted by Crippen LogP contribution is -2.25. The zero-order valence-electron chi connectivity index (χ0n) is 12.6. The van der Waals surface area contributed by atoms with Gasteiger partial charge in [-0.2, -0.15) is 0 Å². The van der Waals surface area contributed by atoms with Crippen LogP contribution in [0.1, 0.15) is 30.4 Å². The minimum Gasteiger partial charge on any atom is -0.369 e. The predicted octanol–water partition coefficient (Wildman–Crippen LogP) is 2.22. The molecule has 1 amide bonds. The van der Waals surface area contributed by atoms with Crippen molar-refractivity contribution >= 4 is 16.8 Å². The number of aromatic amines is 1. The second-order valence-corrected chi connectivity index (χ2v) is 6.15. The summed E-state index contributed by atoms with van der Waals surface area (Å²) in [5, 5.41) is 1.23. The van der Waals surface area contributed by atoms with E-state index in [-0.39, 0.29) is 5.91 Å². The van der Waals surface area contributed by atoms with E-state index >= 15 is 0 Å². The lowest BCUT2D eigenvalue weighted by molar-refractivity contribution is -0.117. The molecule has 1 aromatic heterocycles. The first kappa shape index (κ1) is 14.1. The molecule has 2 aromatic rings. The third kappa shape index (κ3) is 3.10. The maximum absolute atomic E-state index is 11.1. The number of nitrogens with zero attached hydrogens (tertiary/aromatic N) is 1. The van der Waals surface area contributed by atoms with Crippen molar-refractivity contribution in [2.75, 3.05) is 13.6 Å². The molecule has 0 bridgehead atoms. The highest BCUT2D eigenvalue weighted by molar-refractivity contribution is 5.85. The largest absolute Gasteiger partial charge is 0.369 e. The number of aryl methyl sites for hydroxylation is 1. The van der Waals surface area contributed by atoms with E-state index in [4.69, 9.17) is 5.73 Å². The van der Waals surface area contributed by atoms with Crippen molar-refractivity contribution in [1.82, 2.24) is 9.88 Å². The topological polar surface area (TPSA) is 62.1 Å². The van der Waals surface area contributed by atoms with E-state index in [9.17, 15) is 4.79 Å². The van der Waals surface area contributed by atoms with Crippen LogP contribution in [0.2, 0.25) is 0 Å². The molecule has 112 valence electrons. The van der Waals surface area contributed by atoms with E-state index in [1.807, 2.05) is 12.1 Å². The van der Waals surface area contributed by atoms with Crippen molar-refractivity contribution in [3.8, 4) is 0 Å². The van der Waals surface area contributed by atoms with Crippen molar-refractivity contribution in [2.45, 2.75) is 38.1 Å². The highest BCUT2D eigenvalue weighted by atomic mass is 16.1. The average Bonchev–Trinajstić information content (AvgIpc) is 3.02. The van der Waals surface area contributed by atoms with Gasteiger partial charge in [-0.15, -0.1) is 0 Å². The van der Waals surface area contributed by atoms with Crippen LogP contribution in [0.4, 0.5) is 0 Å². The van der Waals surface area contributed by atoms with E-state index in [1.165, 1.54) is 36.8 Å². The molecule has 4 nitrogen and oxygen atoms in total.